The lowest BCUT2D eigenvalue weighted by Gasteiger charge is -2.10. The van der Waals surface area contributed by atoms with E-state index in [9.17, 15) is 14.7 Å². The van der Waals surface area contributed by atoms with E-state index in [1.54, 1.807) is 12.1 Å². The van der Waals surface area contributed by atoms with Crippen LogP contribution >= 0.6 is 0 Å². The fourth-order valence-corrected chi connectivity index (χ4v) is 3.46. The number of carbonyl (C=O) groups is 2. The van der Waals surface area contributed by atoms with Gasteiger partial charge in [0.2, 0.25) is 0 Å². The number of rotatable bonds is 16. The third-order valence-corrected chi connectivity index (χ3v) is 5.14. The highest BCUT2D eigenvalue weighted by Crippen LogP contribution is 2.25. The minimum atomic E-state index is -0.102. The van der Waals surface area contributed by atoms with E-state index < -0.39 is 0 Å². The van der Waals surface area contributed by atoms with Gasteiger partial charge in [0.05, 0.1) is 5.56 Å². The molecule has 3 nitrogen and oxygen atoms in total. The maximum atomic E-state index is 12.6. The minimum absolute atomic E-state index is 0.0207. The third-order valence-electron chi connectivity index (χ3n) is 5.14. The Kier molecular flexibility index (Phi) is 12.5. The fourth-order valence-electron chi connectivity index (χ4n) is 3.46. The van der Waals surface area contributed by atoms with E-state index in [-0.39, 0.29) is 22.9 Å². The molecular weight excluding hydrogens is 336 g/mol. The summed E-state index contributed by atoms with van der Waals surface area (Å²) in [5.74, 6) is -0.178. The van der Waals surface area contributed by atoms with Gasteiger partial charge in [0, 0.05) is 18.4 Å². The van der Waals surface area contributed by atoms with E-state index in [1.165, 1.54) is 44.6 Å². The highest BCUT2D eigenvalue weighted by Gasteiger charge is 2.20. The van der Waals surface area contributed by atoms with Gasteiger partial charge in [-0.05, 0) is 18.9 Å². The molecule has 0 atom stereocenters. The Morgan fingerprint density at radius 1 is 0.704 bits per heavy atom. The number of unbranched alkanes of at least 4 members (excludes halogenated alkanes) is 10. The molecule has 1 aromatic carbocycles. The van der Waals surface area contributed by atoms with Crippen LogP contribution in [0.15, 0.2) is 18.2 Å². The van der Waals surface area contributed by atoms with Crippen molar-refractivity contribution in [2.24, 2.45) is 0 Å². The summed E-state index contributed by atoms with van der Waals surface area (Å²) >= 11 is 0. The Balaban J connectivity index is 2.54. The molecule has 0 aliphatic heterocycles. The maximum absolute atomic E-state index is 12.6. The summed E-state index contributed by atoms with van der Waals surface area (Å²) in [4.78, 5) is 25.2. The molecule has 0 bridgehead atoms. The van der Waals surface area contributed by atoms with Gasteiger partial charge in [0.15, 0.2) is 11.6 Å². The van der Waals surface area contributed by atoms with Crippen molar-refractivity contribution in [3.63, 3.8) is 0 Å². The molecule has 0 heterocycles. The van der Waals surface area contributed by atoms with Gasteiger partial charge in [-0.3, -0.25) is 9.59 Å². The van der Waals surface area contributed by atoms with E-state index in [0.717, 1.165) is 38.5 Å². The lowest BCUT2D eigenvalue weighted by atomic mass is 9.93. The van der Waals surface area contributed by atoms with E-state index in [2.05, 4.69) is 13.8 Å². The van der Waals surface area contributed by atoms with Gasteiger partial charge in [0.25, 0.3) is 0 Å². The van der Waals surface area contributed by atoms with Gasteiger partial charge in [-0.2, -0.15) is 0 Å². The van der Waals surface area contributed by atoms with Crippen LogP contribution in [0.2, 0.25) is 0 Å². The number of benzene rings is 1. The molecule has 0 aliphatic rings. The summed E-state index contributed by atoms with van der Waals surface area (Å²) in [6.07, 6.45) is 14.2. The van der Waals surface area contributed by atoms with Gasteiger partial charge in [-0.1, -0.05) is 90.2 Å². The Labute approximate surface area is 165 Å². The zero-order valence-electron chi connectivity index (χ0n) is 17.4. The molecule has 152 valence electrons. The van der Waals surface area contributed by atoms with E-state index in [0.29, 0.717) is 18.4 Å². The van der Waals surface area contributed by atoms with Crippen molar-refractivity contribution in [2.45, 2.75) is 104 Å². The van der Waals surface area contributed by atoms with Crippen LogP contribution in [0.4, 0.5) is 0 Å². The normalized spacial score (nSPS) is 10.9. The van der Waals surface area contributed by atoms with Crippen molar-refractivity contribution in [3.8, 4) is 5.75 Å². The fraction of sp³-hybridized carbons (Fsp3) is 0.667. The molecule has 0 saturated carbocycles. The Bertz CT molecular complexity index is 563. The second-order valence-electron chi connectivity index (χ2n) is 7.58. The first kappa shape index (κ1) is 23.4. The van der Waals surface area contributed by atoms with Crippen molar-refractivity contribution in [1.82, 2.24) is 0 Å². The maximum Gasteiger partial charge on any atom is 0.167 e. The number of aromatic hydroxyl groups is 1. The molecule has 0 spiro atoms. The second-order valence-corrected chi connectivity index (χ2v) is 7.58. The van der Waals surface area contributed by atoms with Crippen LogP contribution in [0.3, 0.4) is 0 Å². The number of Topliss-reactive ketones (excluding diaryl/α,β-unsaturated/α-hetero) is 2. The molecule has 0 aromatic heterocycles. The molecule has 0 unspecified atom stereocenters. The number of ketones is 2. The molecule has 0 radical (unpaired) electrons. The number of hydrogen-bond acceptors (Lipinski definition) is 3. The number of hydrogen-bond donors (Lipinski definition) is 1. The molecule has 27 heavy (non-hydrogen) atoms. The van der Waals surface area contributed by atoms with Crippen LogP contribution in [0.5, 0.6) is 5.75 Å². The molecule has 3 heteroatoms. The first-order chi connectivity index (χ1) is 13.1. The average Bonchev–Trinajstić information content (AvgIpc) is 2.66. The van der Waals surface area contributed by atoms with Crippen LogP contribution in [-0.4, -0.2) is 16.7 Å². The lowest BCUT2D eigenvalue weighted by Crippen LogP contribution is -2.09. The first-order valence-corrected chi connectivity index (χ1v) is 11.0. The van der Waals surface area contributed by atoms with Crippen molar-refractivity contribution >= 4 is 11.6 Å². The topological polar surface area (TPSA) is 54.4 Å². The van der Waals surface area contributed by atoms with Crippen molar-refractivity contribution in [2.75, 3.05) is 0 Å². The molecule has 0 amide bonds. The minimum Gasteiger partial charge on any atom is -0.507 e. The van der Waals surface area contributed by atoms with Crippen molar-refractivity contribution in [1.29, 1.82) is 0 Å². The van der Waals surface area contributed by atoms with Crippen LogP contribution in [0, 0.1) is 0 Å². The van der Waals surface area contributed by atoms with Crippen molar-refractivity contribution < 1.29 is 14.7 Å². The number of phenolic OH excluding ortho intramolecular Hbond substituents is 1. The third kappa shape index (κ3) is 9.21. The summed E-state index contributed by atoms with van der Waals surface area (Å²) < 4.78 is 0. The smallest absolute Gasteiger partial charge is 0.167 e. The highest BCUT2D eigenvalue weighted by molar-refractivity contribution is 6.10. The first-order valence-electron chi connectivity index (χ1n) is 11.0. The molecule has 1 N–H and O–H groups in total. The van der Waals surface area contributed by atoms with E-state index >= 15 is 0 Å². The van der Waals surface area contributed by atoms with Crippen LogP contribution in [0.25, 0.3) is 0 Å². The Morgan fingerprint density at radius 3 is 1.74 bits per heavy atom. The summed E-state index contributed by atoms with van der Waals surface area (Å²) in [5.41, 5.74) is 0.640. The molecule has 0 aliphatic carbocycles. The quantitative estimate of drug-likeness (QED) is 0.245. The summed E-state index contributed by atoms with van der Waals surface area (Å²) in [6, 6.07) is 4.86. The molecule has 1 aromatic rings. The largest absolute Gasteiger partial charge is 0.507 e. The van der Waals surface area contributed by atoms with Crippen LogP contribution in [0.1, 0.15) is 124 Å². The van der Waals surface area contributed by atoms with Gasteiger partial charge in [-0.25, -0.2) is 0 Å². The zero-order valence-corrected chi connectivity index (χ0v) is 17.4. The Hall–Kier alpha value is -1.64. The molecule has 0 fully saturated rings. The van der Waals surface area contributed by atoms with Gasteiger partial charge in [-0.15, -0.1) is 0 Å². The lowest BCUT2D eigenvalue weighted by molar-refractivity contribution is 0.0943. The van der Waals surface area contributed by atoms with Gasteiger partial charge >= 0.3 is 0 Å². The number of carbonyl (C=O) groups excluding carboxylic acids is 2. The summed E-state index contributed by atoms with van der Waals surface area (Å²) in [6.45, 7) is 4.38. The number of phenols is 1. The van der Waals surface area contributed by atoms with Gasteiger partial charge < -0.3 is 5.11 Å². The molecular formula is C24H38O3. The van der Waals surface area contributed by atoms with Gasteiger partial charge in [0.1, 0.15) is 5.75 Å². The zero-order chi connectivity index (χ0) is 19.9. The SMILES string of the molecule is CCCCCCCCC(=O)c1cccc(O)c1C(=O)CCCCCCCC. The highest BCUT2D eigenvalue weighted by atomic mass is 16.3. The van der Waals surface area contributed by atoms with E-state index in [1.807, 2.05) is 0 Å². The summed E-state index contributed by atoms with van der Waals surface area (Å²) in [7, 11) is 0. The average molecular weight is 375 g/mol. The second kappa shape index (κ2) is 14.4. The predicted octanol–water partition coefficient (Wildman–Crippen LogP) is 7.26. The molecule has 1 rings (SSSR count). The molecule has 0 saturated heterocycles. The summed E-state index contributed by atoms with van der Waals surface area (Å²) in [5, 5.41) is 10.2. The van der Waals surface area contributed by atoms with Crippen LogP contribution in [-0.2, 0) is 0 Å². The monoisotopic (exact) mass is 374 g/mol. The van der Waals surface area contributed by atoms with Crippen molar-refractivity contribution in [3.05, 3.63) is 29.3 Å². The van der Waals surface area contributed by atoms with Crippen LogP contribution < -0.4 is 0 Å². The standard InChI is InChI=1S/C24H38O3/c1-3-5-7-9-11-13-17-21(25)20-16-15-19-23(27)24(20)22(26)18-14-12-10-8-6-4-2/h15-16,19,27H,3-14,17-18H2,1-2H3. The Morgan fingerprint density at radius 2 is 1.19 bits per heavy atom. The predicted molar refractivity (Wildman–Crippen MR) is 113 cm³/mol. The van der Waals surface area contributed by atoms with E-state index in [4.69, 9.17) is 0 Å².